The van der Waals surface area contributed by atoms with Gasteiger partial charge in [0.1, 0.15) is 0 Å². The van der Waals surface area contributed by atoms with Crippen LogP contribution in [0.1, 0.15) is 29.9 Å². The van der Waals surface area contributed by atoms with Crippen LogP contribution in [-0.2, 0) is 0 Å². The van der Waals surface area contributed by atoms with Crippen LogP contribution in [-0.4, -0.2) is 41.0 Å². The number of pyridine rings is 1. The van der Waals surface area contributed by atoms with Gasteiger partial charge in [-0.3, -0.25) is 9.78 Å². The normalized spacial score (nSPS) is 20.6. The Morgan fingerprint density at radius 2 is 1.96 bits per heavy atom. The smallest absolute Gasteiger partial charge is 0.254 e. The number of para-hydroxylation sites is 1. The molecular weight excluding hydrogens is 333 g/mol. The molecule has 1 aliphatic rings. The lowest BCUT2D eigenvalue weighted by atomic mass is 10.0. The first-order chi connectivity index (χ1) is 10.1. The minimum Gasteiger partial charge on any atom is -0.333 e. The predicted octanol–water partition coefficient (Wildman–Crippen LogP) is 3.21. The highest BCUT2D eigenvalue weighted by Crippen LogP contribution is 2.21. The highest BCUT2D eigenvalue weighted by atomic mass is 35.5. The summed E-state index contributed by atoms with van der Waals surface area (Å²) >= 11 is 0. The Morgan fingerprint density at radius 1 is 1.26 bits per heavy atom. The van der Waals surface area contributed by atoms with Crippen LogP contribution in [0.25, 0.3) is 10.9 Å². The van der Waals surface area contributed by atoms with Gasteiger partial charge in [-0.15, -0.1) is 24.8 Å². The Bertz CT molecular complexity index is 693. The van der Waals surface area contributed by atoms with Gasteiger partial charge in [0, 0.05) is 36.3 Å². The highest BCUT2D eigenvalue weighted by Gasteiger charge is 2.28. The third-order valence-corrected chi connectivity index (χ3v) is 4.10. The van der Waals surface area contributed by atoms with Crippen molar-refractivity contribution in [1.82, 2.24) is 15.2 Å². The van der Waals surface area contributed by atoms with Crippen molar-refractivity contribution in [2.75, 3.05) is 13.1 Å². The largest absolute Gasteiger partial charge is 0.333 e. The molecule has 1 amide bonds. The van der Waals surface area contributed by atoms with E-state index in [0.717, 1.165) is 35.2 Å². The number of amides is 1. The molecule has 2 unspecified atom stereocenters. The van der Waals surface area contributed by atoms with Gasteiger partial charge in [0.05, 0.1) is 11.1 Å². The molecule has 1 N–H and O–H groups in total. The minimum absolute atomic E-state index is 0. The summed E-state index contributed by atoms with van der Waals surface area (Å²) in [5, 5.41) is 4.35. The molecular formula is C17H23Cl2N3O. The fraction of sp³-hybridized carbons (Fsp3) is 0.412. The zero-order valence-electron chi connectivity index (χ0n) is 13.6. The van der Waals surface area contributed by atoms with Gasteiger partial charge in [-0.25, -0.2) is 0 Å². The highest BCUT2D eigenvalue weighted by molar-refractivity contribution is 6.06. The molecule has 1 saturated heterocycles. The fourth-order valence-corrected chi connectivity index (χ4v) is 2.94. The lowest BCUT2D eigenvalue weighted by molar-refractivity contribution is 0.0618. The number of aryl methyl sites for hydroxylation is 1. The molecule has 0 bridgehead atoms. The molecule has 1 fully saturated rings. The second-order valence-electron chi connectivity index (χ2n) is 5.94. The van der Waals surface area contributed by atoms with Crippen LogP contribution in [0.2, 0.25) is 0 Å². The van der Waals surface area contributed by atoms with E-state index in [0.29, 0.717) is 6.04 Å². The van der Waals surface area contributed by atoms with E-state index in [1.165, 1.54) is 0 Å². The maximum Gasteiger partial charge on any atom is 0.254 e. The van der Waals surface area contributed by atoms with Gasteiger partial charge in [-0.2, -0.15) is 0 Å². The standard InChI is InChI=1S/C17H21N3O.2ClH/c1-11-8-15(14-6-4-5-7-16(14)19-11)17(21)20-10-12(2)18-9-13(20)3;;/h4-8,12-13,18H,9-10H2,1-3H3;2*1H. The number of carbonyl (C=O) groups is 1. The molecule has 3 rings (SSSR count). The average molecular weight is 356 g/mol. The number of carbonyl (C=O) groups excluding carboxylic acids is 1. The summed E-state index contributed by atoms with van der Waals surface area (Å²) in [6.07, 6.45) is 0. The molecule has 0 saturated carbocycles. The molecule has 2 aromatic rings. The van der Waals surface area contributed by atoms with Crippen LogP contribution in [0.4, 0.5) is 0 Å². The lowest BCUT2D eigenvalue weighted by Crippen LogP contribution is -2.56. The van der Waals surface area contributed by atoms with Gasteiger partial charge in [0.15, 0.2) is 0 Å². The molecule has 1 aromatic heterocycles. The molecule has 23 heavy (non-hydrogen) atoms. The number of aromatic nitrogens is 1. The molecule has 126 valence electrons. The Labute approximate surface area is 149 Å². The average Bonchev–Trinajstić information content (AvgIpc) is 2.48. The fourth-order valence-electron chi connectivity index (χ4n) is 2.94. The van der Waals surface area contributed by atoms with Crippen molar-refractivity contribution in [3.8, 4) is 0 Å². The number of piperazine rings is 1. The summed E-state index contributed by atoms with van der Waals surface area (Å²) in [6, 6.07) is 10.3. The van der Waals surface area contributed by atoms with E-state index in [1.54, 1.807) is 0 Å². The van der Waals surface area contributed by atoms with Crippen molar-refractivity contribution in [2.45, 2.75) is 32.9 Å². The predicted molar refractivity (Wildman–Crippen MR) is 98.9 cm³/mol. The third-order valence-electron chi connectivity index (χ3n) is 4.10. The number of benzene rings is 1. The molecule has 2 heterocycles. The van der Waals surface area contributed by atoms with Crippen LogP contribution in [0.5, 0.6) is 0 Å². The Morgan fingerprint density at radius 3 is 2.70 bits per heavy atom. The number of fused-ring (bicyclic) bond motifs is 1. The van der Waals surface area contributed by atoms with Gasteiger partial charge < -0.3 is 10.2 Å². The number of halogens is 2. The van der Waals surface area contributed by atoms with Crippen molar-refractivity contribution >= 4 is 41.6 Å². The quantitative estimate of drug-likeness (QED) is 0.854. The summed E-state index contributed by atoms with van der Waals surface area (Å²) < 4.78 is 0. The SMILES string of the molecule is Cc1cc(C(=O)N2CC(C)NCC2C)c2ccccc2n1.Cl.Cl. The van der Waals surface area contributed by atoms with E-state index in [4.69, 9.17) is 0 Å². The van der Waals surface area contributed by atoms with E-state index >= 15 is 0 Å². The summed E-state index contributed by atoms with van der Waals surface area (Å²) in [7, 11) is 0. The summed E-state index contributed by atoms with van der Waals surface area (Å²) in [6.45, 7) is 7.73. The number of hydrogen-bond donors (Lipinski definition) is 1. The second-order valence-corrected chi connectivity index (χ2v) is 5.94. The Hall–Kier alpha value is -1.36. The third kappa shape index (κ3) is 3.94. The van der Waals surface area contributed by atoms with Crippen molar-refractivity contribution in [2.24, 2.45) is 0 Å². The van der Waals surface area contributed by atoms with Crippen LogP contribution < -0.4 is 5.32 Å². The Kier molecular flexibility index (Phi) is 6.81. The minimum atomic E-state index is 0. The lowest BCUT2D eigenvalue weighted by Gasteiger charge is -2.37. The number of nitrogens with one attached hydrogen (secondary N) is 1. The van der Waals surface area contributed by atoms with Crippen molar-refractivity contribution in [3.63, 3.8) is 0 Å². The van der Waals surface area contributed by atoms with E-state index < -0.39 is 0 Å². The van der Waals surface area contributed by atoms with Gasteiger partial charge in [0.25, 0.3) is 5.91 Å². The molecule has 0 radical (unpaired) electrons. The Balaban J connectivity index is 0.00000132. The first-order valence-corrected chi connectivity index (χ1v) is 7.47. The molecule has 6 heteroatoms. The zero-order chi connectivity index (χ0) is 15.0. The number of rotatable bonds is 1. The van der Waals surface area contributed by atoms with Crippen LogP contribution >= 0.6 is 24.8 Å². The summed E-state index contributed by atoms with van der Waals surface area (Å²) in [5.74, 6) is 0.109. The molecule has 0 aliphatic carbocycles. The van der Waals surface area contributed by atoms with E-state index in [1.807, 2.05) is 42.2 Å². The molecule has 0 spiro atoms. The monoisotopic (exact) mass is 355 g/mol. The molecule has 2 atom stereocenters. The van der Waals surface area contributed by atoms with Crippen molar-refractivity contribution in [1.29, 1.82) is 0 Å². The van der Waals surface area contributed by atoms with E-state index in [2.05, 4.69) is 24.1 Å². The van der Waals surface area contributed by atoms with Gasteiger partial charge in [-0.1, -0.05) is 18.2 Å². The van der Waals surface area contributed by atoms with Gasteiger partial charge in [-0.05, 0) is 32.9 Å². The van der Waals surface area contributed by atoms with Crippen molar-refractivity contribution < 1.29 is 4.79 Å². The molecule has 4 nitrogen and oxygen atoms in total. The summed E-state index contributed by atoms with van der Waals surface area (Å²) in [4.78, 5) is 19.5. The van der Waals surface area contributed by atoms with Crippen LogP contribution in [0, 0.1) is 6.92 Å². The number of hydrogen-bond acceptors (Lipinski definition) is 3. The summed E-state index contributed by atoms with van der Waals surface area (Å²) in [5.41, 5.74) is 2.53. The zero-order valence-corrected chi connectivity index (χ0v) is 15.2. The molecule has 1 aliphatic heterocycles. The maximum absolute atomic E-state index is 13.0. The van der Waals surface area contributed by atoms with E-state index in [9.17, 15) is 4.79 Å². The topological polar surface area (TPSA) is 45.2 Å². The van der Waals surface area contributed by atoms with Crippen molar-refractivity contribution in [3.05, 3.63) is 41.6 Å². The number of nitrogens with zero attached hydrogens (tertiary/aromatic N) is 2. The first-order valence-electron chi connectivity index (χ1n) is 7.47. The second kappa shape index (κ2) is 7.95. The van der Waals surface area contributed by atoms with Crippen LogP contribution in [0.3, 0.4) is 0 Å². The van der Waals surface area contributed by atoms with Crippen LogP contribution in [0.15, 0.2) is 30.3 Å². The first kappa shape index (κ1) is 19.7. The maximum atomic E-state index is 13.0. The molecule has 1 aromatic carbocycles. The van der Waals surface area contributed by atoms with Gasteiger partial charge >= 0.3 is 0 Å². The van der Waals surface area contributed by atoms with E-state index in [-0.39, 0.29) is 36.8 Å². The van der Waals surface area contributed by atoms with Gasteiger partial charge in [0.2, 0.25) is 0 Å².